The summed E-state index contributed by atoms with van der Waals surface area (Å²) in [4.78, 5) is 23.0. The fraction of sp³-hybridized carbons (Fsp3) is 0.667. The number of rotatable bonds is 5. The molecule has 166 valence electrons. The summed E-state index contributed by atoms with van der Waals surface area (Å²) in [5.41, 5.74) is -0.514. The van der Waals surface area contributed by atoms with Gasteiger partial charge in [0.15, 0.2) is 5.13 Å². The molecule has 0 saturated carbocycles. The molecule has 1 fully saturated rings. The van der Waals surface area contributed by atoms with E-state index in [-0.39, 0.29) is 17.6 Å². The molecule has 1 unspecified atom stereocenters. The maximum absolute atomic E-state index is 12.3. The number of nitrogens with one attached hydrogen (secondary N) is 1. The SMILES string of the molecule is CC(C)(C)OC(=O)N1CCCC(Nc2ncc(SCc3ncc(C(C)(C)C)o3)s2)C1. The van der Waals surface area contributed by atoms with Crippen molar-refractivity contribution < 1.29 is 13.9 Å². The Hall–Kier alpha value is -1.74. The number of aromatic nitrogens is 2. The van der Waals surface area contributed by atoms with Gasteiger partial charge < -0.3 is 19.4 Å². The second-order valence-corrected chi connectivity index (χ2v) is 11.9. The van der Waals surface area contributed by atoms with Gasteiger partial charge in [0.1, 0.15) is 11.4 Å². The molecule has 0 aliphatic carbocycles. The lowest BCUT2D eigenvalue weighted by Crippen LogP contribution is -2.46. The predicted molar refractivity (Wildman–Crippen MR) is 121 cm³/mol. The van der Waals surface area contributed by atoms with Crippen molar-refractivity contribution in [3.8, 4) is 0 Å². The molecule has 0 radical (unpaired) electrons. The zero-order chi connectivity index (χ0) is 21.9. The fourth-order valence-electron chi connectivity index (χ4n) is 3.01. The van der Waals surface area contributed by atoms with Crippen LogP contribution in [0, 0.1) is 0 Å². The molecule has 0 bridgehead atoms. The average molecular weight is 453 g/mol. The van der Waals surface area contributed by atoms with E-state index in [4.69, 9.17) is 9.15 Å². The summed E-state index contributed by atoms with van der Waals surface area (Å²) in [6.45, 7) is 13.4. The lowest BCUT2D eigenvalue weighted by atomic mass is 9.94. The highest BCUT2D eigenvalue weighted by Crippen LogP contribution is 2.32. The highest BCUT2D eigenvalue weighted by molar-refractivity contribution is 8.00. The van der Waals surface area contributed by atoms with E-state index < -0.39 is 5.60 Å². The fourth-order valence-corrected chi connectivity index (χ4v) is 4.81. The standard InChI is InChI=1S/C21H32N4O3S2/c1-20(2,3)15-10-22-16(27-15)13-29-17-11-23-18(30-17)24-14-8-7-9-25(12-14)19(26)28-21(4,5)6/h10-11,14H,7-9,12-13H2,1-6H3,(H,23,24). The molecule has 1 aliphatic heterocycles. The number of thiazole rings is 1. The predicted octanol–water partition coefficient (Wildman–Crippen LogP) is 5.53. The first-order valence-corrected chi connectivity index (χ1v) is 12.1. The molecule has 7 nitrogen and oxygen atoms in total. The van der Waals surface area contributed by atoms with Crippen LogP contribution < -0.4 is 5.32 Å². The molecule has 3 heterocycles. The van der Waals surface area contributed by atoms with Crippen LogP contribution in [-0.2, 0) is 15.9 Å². The Balaban J connectivity index is 1.50. The molecule has 1 saturated heterocycles. The van der Waals surface area contributed by atoms with Crippen molar-refractivity contribution in [1.29, 1.82) is 0 Å². The number of carbonyl (C=O) groups excluding carboxylic acids is 1. The minimum absolute atomic E-state index is 0.0370. The van der Waals surface area contributed by atoms with Gasteiger partial charge in [-0.25, -0.2) is 14.8 Å². The number of thioether (sulfide) groups is 1. The number of oxazole rings is 1. The number of likely N-dealkylation sites (tertiary alicyclic amines) is 1. The average Bonchev–Trinajstić information content (AvgIpc) is 3.28. The van der Waals surface area contributed by atoms with Crippen LogP contribution in [-0.4, -0.2) is 45.7 Å². The van der Waals surface area contributed by atoms with Gasteiger partial charge in [0.2, 0.25) is 5.89 Å². The molecule has 1 N–H and O–H groups in total. The van der Waals surface area contributed by atoms with Crippen LogP contribution >= 0.6 is 23.1 Å². The Kier molecular flexibility index (Phi) is 7.02. The van der Waals surface area contributed by atoms with Crippen LogP contribution in [0.15, 0.2) is 21.0 Å². The van der Waals surface area contributed by atoms with Crippen LogP contribution in [0.1, 0.15) is 66.0 Å². The molecule has 2 aromatic heterocycles. The van der Waals surface area contributed by atoms with Crippen molar-refractivity contribution >= 4 is 34.3 Å². The van der Waals surface area contributed by atoms with Crippen LogP contribution in [0.25, 0.3) is 0 Å². The maximum atomic E-state index is 12.3. The number of anilines is 1. The second kappa shape index (κ2) is 9.18. The van der Waals surface area contributed by atoms with Gasteiger partial charge in [-0.2, -0.15) is 0 Å². The summed E-state index contributed by atoms with van der Waals surface area (Å²) in [5, 5.41) is 4.35. The molecule has 30 heavy (non-hydrogen) atoms. The van der Waals surface area contributed by atoms with Gasteiger partial charge in [-0.3, -0.25) is 0 Å². The summed E-state index contributed by atoms with van der Waals surface area (Å²) < 4.78 is 12.5. The Morgan fingerprint density at radius 1 is 1.30 bits per heavy atom. The van der Waals surface area contributed by atoms with Gasteiger partial charge in [-0.05, 0) is 33.6 Å². The lowest BCUT2D eigenvalue weighted by Gasteiger charge is -2.34. The number of amides is 1. The van der Waals surface area contributed by atoms with Crippen LogP contribution in [0.4, 0.5) is 9.93 Å². The third-order valence-electron chi connectivity index (χ3n) is 4.52. The summed E-state index contributed by atoms with van der Waals surface area (Å²) in [6, 6.07) is 0.177. The lowest BCUT2D eigenvalue weighted by molar-refractivity contribution is 0.0206. The normalized spacial score (nSPS) is 17.8. The third-order valence-corrected chi connectivity index (χ3v) is 6.62. The highest BCUT2D eigenvalue weighted by atomic mass is 32.2. The van der Waals surface area contributed by atoms with E-state index in [1.54, 1.807) is 28.0 Å². The molecule has 3 rings (SSSR count). The molecule has 1 atom stereocenters. The zero-order valence-corrected chi connectivity index (χ0v) is 20.3. The van der Waals surface area contributed by atoms with Gasteiger partial charge >= 0.3 is 6.09 Å². The van der Waals surface area contributed by atoms with Crippen LogP contribution in [0.2, 0.25) is 0 Å². The molecule has 0 aromatic carbocycles. The van der Waals surface area contributed by atoms with E-state index in [0.717, 1.165) is 40.4 Å². The van der Waals surface area contributed by atoms with Gasteiger partial charge in [0.25, 0.3) is 0 Å². The highest BCUT2D eigenvalue weighted by Gasteiger charge is 2.28. The quantitative estimate of drug-likeness (QED) is 0.597. The van der Waals surface area contributed by atoms with Crippen molar-refractivity contribution in [1.82, 2.24) is 14.9 Å². The Bertz CT molecular complexity index is 851. The number of hydrogen-bond acceptors (Lipinski definition) is 8. The number of ether oxygens (including phenoxy) is 1. The van der Waals surface area contributed by atoms with E-state index in [0.29, 0.717) is 12.3 Å². The third kappa shape index (κ3) is 6.63. The number of hydrogen-bond donors (Lipinski definition) is 1. The topological polar surface area (TPSA) is 80.5 Å². The van der Waals surface area contributed by atoms with Crippen molar-refractivity contribution in [2.24, 2.45) is 0 Å². The van der Waals surface area contributed by atoms with Crippen LogP contribution in [0.5, 0.6) is 0 Å². The minimum atomic E-state index is -0.477. The molecule has 2 aromatic rings. The first-order chi connectivity index (χ1) is 14.0. The molecular weight excluding hydrogens is 420 g/mol. The maximum Gasteiger partial charge on any atom is 0.410 e. The summed E-state index contributed by atoms with van der Waals surface area (Å²) >= 11 is 3.28. The van der Waals surface area contributed by atoms with E-state index in [1.807, 2.05) is 33.2 Å². The van der Waals surface area contributed by atoms with E-state index in [2.05, 4.69) is 36.1 Å². The summed E-state index contributed by atoms with van der Waals surface area (Å²) in [7, 11) is 0. The van der Waals surface area contributed by atoms with Crippen molar-refractivity contribution in [3.05, 3.63) is 24.0 Å². The Labute approximate surface area is 187 Å². The van der Waals surface area contributed by atoms with Crippen molar-refractivity contribution in [2.45, 2.75) is 81.4 Å². The van der Waals surface area contributed by atoms with Gasteiger partial charge in [-0.15, -0.1) is 11.8 Å². The van der Waals surface area contributed by atoms with Crippen LogP contribution in [0.3, 0.4) is 0 Å². The second-order valence-electron chi connectivity index (χ2n) is 9.55. The summed E-state index contributed by atoms with van der Waals surface area (Å²) in [6.07, 6.45) is 5.40. The first-order valence-electron chi connectivity index (χ1n) is 10.3. The van der Waals surface area contributed by atoms with Gasteiger partial charge in [0.05, 0.1) is 22.4 Å². The molecular formula is C21H32N4O3S2. The van der Waals surface area contributed by atoms with Crippen molar-refractivity contribution in [3.63, 3.8) is 0 Å². The molecule has 9 heteroatoms. The number of piperidine rings is 1. The van der Waals surface area contributed by atoms with Gasteiger partial charge in [0, 0.05) is 24.5 Å². The Morgan fingerprint density at radius 3 is 2.73 bits per heavy atom. The van der Waals surface area contributed by atoms with Crippen molar-refractivity contribution in [2.75, 3.05) is 18.4 Å². The Morgan fingerprint density at radius 2 is 2.07 bits per heavy atom. The monoisotopic (exact) mass is 452 g/mol. The number of nitrogens with zero attached hydrogens (tertiary/aromatic N) is 3. The first kappa shape index (κ1) is 22.9. The van der Waals surface area contributed by atoms with E-state index >= 15 is 0 Å². The van der Waals surface area contributed by atoms with Gasteiger partial charge in [-0.1, -0.05) is 32.1 Å². The zero-order valence-electron chi connectivity index (χ0n) is 18.7. The summed E-state index contributed by atoms with van der Waals surface area (Å²) in [5.74, 6) is 2.30. The van der Waals surface area contributed by atoms with E-state index in [9.17, 15) is 4.79 Å². The minimum Gasteiger partial charge on any atom is -0.444 e. The molecule has 1 amide bonds. The molecule has 1 aliphatic rings. The largest absolute Gasteiger partial charge is 0.444 e. The van der Waals surface area contributed by atoms with E-state index in [1.165, 1.54) is 0 Å². The smallest absolute Gasteiger partial charge is 0.410 e. The number of carbonyl (C=O) groups is 1. The molecule has 0 spiro atoms.